The van der Waals surface area contributed by atoms with Crippen LogP contribution in [0.25, 0.3) is 0 Å². The van der Waals surface area contributed by atoms with Crippen LogP contribution in [0.1, 0.15) is 60.3 Å². The molecule has 1 saturated carbocycles. The van der Waals surface area contributed by atoms with Gasteiger partial charge in [0.15, 0.2) is 0 Å². The van der Waals surface area contributed by atoms with Gasteiger partial charge in [-0.3, -0.25) is 11.3 Å². The van der Waals surface area contributed by atoms with E-state index in [0.29, 0.717) is 11.5 Å². The zero-order chi connectivity index (χ0) is 11.7. The van der Waals surface area contributed by atoms with Crippen molar-refractivity contribution in [3.8, 4) is 0 Å². The summed E-state index contributed by atoms with van der Waals surface area (Å²) in [6.07, 6.45) is 5.32. The average Bonchev–Trinajstić information content (AvgIpc) is 2.06. The minimum absolute atomic E-state index is 0.265. The van der Waals surface area contributed by atoms with Gasteiger partial charge in [-0.25, -0.2) is 0 Å². The number of nitrogens with one attached hydrogen (secondary N) is 1. The van der Waals surface area contributed by atoms with Crippen molar-refractivity contribution in [2.75, 3.05) is 0 Å². The fourth-order valence-electron chi connectivity index (χ4n) is 2.85. The average molecular weight is 212 g/mol. The molecule has 0 spiro atoms. The minimum Gasteiger partial charge on any atom is -0.271 e. The van der Waals surface area contributed by atoms with E-state index in [-0.39, 0.29) is 5.41 Å². The maximum absolute atomic E-state index is 5.71. The summed E-state index contributed by atoms with van der Waals surface area (Å²) in [6.45, 7) is 11.6. The van der Waals surface area contributed by atoms with E-state index < -0.39 is 0 Å². The summed E-state index contributed by atoms with van der Waals surface area (Å²) < 4.78 is 0. The van der Waals surface area contributed by atoms with Crippen molar-refractivity contribution in [1.29, 1.82) is 0 Å². The zero-order valence-electron chi connectivity index (χ0n) is 11.1. The Hall–Kier alpha value is -0.0800. The van der Waals surface area contributed by atoms with Crippen LogP contribution in [0.5, 0.6) is 0 Å². The van der Waals surface area contributed by atoms with Crippen LogP contribution >= 0.6 is 0 Å². The van der Waals surface area contributed by atoms with Crippen molar-refractivity contribution >= 4 is 0 Å². The van der Waals surface area contributed by atoms with E-state index in [0.717, 1.165) is 5.92 Å². The molecule has 0 aliphatic heterocycles. The summed E-state index contributed by atoms with van der Waals surface area (Å²) in [7, 11) is 0. The summed E-state index contributed by atoms with van der Waals surface area (Å²) in [5.41, 5.74) is 3.85. The first-order valence-electron chi connectivity index (χ1n) is 6.22. The SMILES string of the molecule is CC1(C)CCC(C(NN)C(C)(C)C)CC1. The minimum atomic E-state index is 0.265. The molecule has 3 N–H and O–H groups in total. The fourth-order valence-corrected chi connectivity index (χ4v) is 2.85. The molecule has 2 nitrogen and oxygen atoms in total. The van der Waals surface area contributed by atoms with Gasteiger partial charge in [0.25, 0.3) is 0 Å². The Morgan fingerprint density at radius 3 is 2.00 bits per heavy atom. The lowest BCUT2D eigenvalue weighted by Crippen LogP contribution is -2.50. The van der Waals surface area contributed by atoms with Crippen LogP contribution < -0.4 is 11.3 Å². The summed E-state index contributed by atoms with van der Waals surface area (Å²) >= 11 is 0. The maximum atomic E-state index is 5.71. The second-order valence-electron chi connectivity index (χ2n) is 7.01. The molecule has 0 aromatic carbocycles. The number of hydrogen-bond donors (Lipinski definition) is 2. The summed E-state index contributed by atoms with van der Waals surface area (Å²) in [5, 5.41) is 0. The number of hydrogen-bond acceptors (Lipinski definition) is 2. The highest BCUT2D eigenvalue weighted by Crippen LogP contribution is 2.42. The molecular formula is C13H28N2. The number of hydrazine groups is 1. The molecule has 15 heavy (non-hydrogen) atoms. The van der Waals surface area contributed by atoms with Gasteiger partial charge in [-0.2, -0.15) is 0 Å². The van der Waals surface area contributed by atoms with Gasteiger partial charge in [-0.05, 0) is 42.4 Å². The molecule has 1 atom stereocenters. The Morgan fingerprint density at radius 2 is 1.67 bits per heavy atom. The van der Waals surface area contributed by atoms with Crippen molar-refractivity contribution in [2.24, 2.45) is 22.6 Å². The van der Waals surface area contributed by atoms with E-state index in [1.54, 1.807) is 0 Å². The van der Waals surface area contributed by atoms with Gasteiger partial charge >= 0.3 is 0 Å². The van der Waals surface area contributed by atoms with Crippen molar-refractivity contribution in [1.82, 2.24) is 5.43 Å². The van der Waals surface area contributed by atoms with Crippen molar-refractivity contribution in [3.05, 3.63) is 0 Å². The van der Waals surface area contributed by atoms with Crippen molar-refractivity contribution in [3.63, 3.8) is 0 Å². The first-order chi connectivity index (χ1) is 6.76. The molecule has 1 unspecified atom stereocenters. The van der Waals surface area contributed by atoms with Gasteiger partial charge in [0.2, 0.25) is 0 Å². The van der Waals surface area contributed by atoms with Gasteiger partial charge in [0.05, 0.1) is 0 Å². The van der Waals surface area contributed by atoms with Crippen LogP contribution in [0.15, 0.2) is 0 Å². The van der Waals surface area contributed by atoms with E-state index in [2.05, 4.69) is 40.0 Å². The van der Waals surface area contributed by atoms with Crippen LogP contribution in [0, 0.1) is 16.7 Å². The first kappa shape index (κ1) is 13.0. The number of nitrogens with two attached hydrogens (primary N) is 1. The van der Waals surface area contributed by atoms with Gasteiger partial charge in [-0.15, -0.1) is 0 Å². The van der Waals surface area contributed by atoms with Gasteiger partial charge < -0.3 is 0 Å². The third-order valence-electron chi connectivity index (χ3n) is 3.97. The Balaban J connectivity index is 2.58. The Bertz CT molecular complexity index is 193. The molecule has 1 aliphatic carbocycles. The molecule has 0 saturated heterocycles. The van der Waals surface area contributed by atoms with Crippen LogP contribution in [0.2, 0.25) is 0 Å². The predicted molar refractivity (Wildman–Crippen MR) is 66.3 cm³/mol. The smallest absolute Gasteiger partial charge is 0.0287 e. The molecule has 1 fully saturated rings. The summed E-state index contributed by atoms with van der Waals surface area (Å²) in [4.78, 5) is 0. The zero-order valence-corrected chi connectivity index (χ0v) is 11.1. The molecule has 0 aromatic rings. The molecule has 0 aromatic heterocycles. The highest BCUT2D eigenvalue weighted by atomic mass is 15.2. The molecule has 90 valence electrons. The lowest BCUT2D eigenvalue weighted by molar-refractivity contribution is 0.110. The molecule has 0 heterocycles. The van der Waals surface area contributed by atoms with Crippen LogP contribution in [0.4, 0.5) is 0 Å². The van der Waals surface area contributed by atoms with E-state index in [4.69, 9.17) is 5.84 Å². The molecule has 1 rings (SSSR count). The highest BCUT2D eigenvalue weighted by Gasteiger charge is 2.36. The van der Waals surface area contributed by atoms with Crippen LogP contribution in [-0.2, 0) is 0 Å². The van der Waals surface area contributed by atoms with E-state index in [1.165, 1.54) is 25.7 Å². The highest BCUT2D eigenvalue weighted by molar-refractivity contribution is 4.89. The second-order valence-corrected chi connectivity index (χ2v) is 7.01. The standard InChI is InChI=1S/C13H28N2/c1-12(2,3)11(15-14)10-6-8-13(4,5)9-7-10/h10-11,15H,6-9,14H2,1-5H3. The van der Waals surface area contributed by atoms with Gasteiger partial charge in [0, 0.05) is 6.04 Å². The lowest BCUT2D eigenvalue weighted by Gasteiger charge is -2.42. The maximum Gasteiger partial charge on any atom is 0.0287 e. The van der Waals surface area contributed by atoms with Crippen molar-refractivity contribution < 1.29 is 0 Å². The second kappa shape index (κ2) is 4.42. The quantitative estimate of drug-likeness (QED) is 0.545. The molecule has 0 bridgehead atoms. The molecular weight excluding hydrogens is 184 g/mol. The summed E-state index contributed by atoms with van der Waals surface area (Å²) in [6, 6.07) is 0.452. The molecule has 0 radical (unpaired) electrons. The predicted octanol–water partition coefficient (Wildman–Crippen LogP) is 3.08. The molecule has 2 heteroatoms. The monoisotopic (exact) mass is 212 g/mol. The van der Waals surface area contributed by atoms with Crippen molar-refractivity contribution in [2.45, 2.75) is 66.3 Å². The topological polar surface area (TPSA) is 38.0 Å². The van der Waals surface area contributed by atoms with E-state index in [9.17, 15) is 0 Å². The molecule has 0 amide bonds. The van der Waals surface area contributed by atoms with Gasteiger partial charge in [-0.1, -0.05) is 34.6 Å². The third kappa shape index (κ3) is 3.46. The van der Waals surface area contributed by atoms with Crippen LogP contribution in [0.3, 0.4) is 0 Å². The fraction of sp³-hybridized carbons (Fsp3) is 1.00. The Morgan fingerprint density at radius 1 is 1.20 bits per heavy atom. The summed E-state index contributed by atoms with van der Waals surface area (Å²) in [5.74, 6) is 6.46. The lowest BCUT2D eigenvalue weighted by atomic mass is 9.67. The van der Waals surface area contributed by atoms with E-state index in [1.807, 2.05) is 0 Å². The number of rotatable bonds is 2. The van der Waals surface area contributed by atoms with Crippen LogP contribution in [-0.4, -0.2) is 6.04 Å². The third-order valence-corrected chi connectivity index (χ3v) is 3.97. The molecule has 1 aliphatic rings. The Kier molecular flexibility index (Phi) is 3.83. The largest absolute Gasteiger partial charge is 0.271 e. The van der Waals surface area contributed by atoms with Gasteiger partial charge in [0.1, 0.15) is 0 Å². The Labute approximate surface area is 95.0 Å². The normalized spacial score (nSPS) is 25.2. The van der Waals surface area contributed by atoms with E-state index >= 15 is 0 Å². The first-order valence-corrected chi connectivity index (χ1v) is 6.22.